The molecule has 2 aromatic rings. The zero-order valence-corrected chi connectivity index (χ0v) is 19.2. The summed E-state index contributed by atoms with van der Waals surface area (Å²) >= 11 is 0. The Morgan fingerprint density at radius 1 is 1.23 bits per heavy atom. The fourth-order valence-electron chi connectivity index (χ4n) is 3.08. The highest BCUT2D eigenvalue weighted by Crippen LogP contribution is 2.38. The van der Waals surface area contributed by atoms with E-state index in [1.165, 1.54) is 6.33 Å². The molecule has 2 N–H and O–H groups in total. The Bertz CT molecular complexity index is 1050. The maximum absolute atomic E-state index is 12.2. The van der Waals surface area contributed by atoms with E-state index in [2.05, 4.69) is 15.3 Å². The van der Waals surface area contributed by atoms with E-state index >= 15 is 0 Å². The SMILES string of the molecule is CC(C)(C)OC(=O)NCC(=Cc1ccc2nc[nH]c(=O)c2c1)B1OC(C)(C)C(C)(C)O1. The summed E-state index contributed by atoms with van der Waals surface area (Å²) in [5, 5.41) is 3.25. The number of ether oxygens (including phenoxy) is 1. The van der Waals surface area contributed by atoms with Gasteiger partial charge in [-0.05, 0) is 71.6 Å². The third-order valence-electron chi connectivity index (χ3n) is 5.41. The van der Waals surface area contributed by atoms with Crippen molar-refractivity contribution in [2.24, 2.45) is 0 Å². The van der Waals surface area contributed by atoms with Gasteiger partial charge in [-0.3, -0.25) is 4.79 Å². The molecule has 9 heteroatoms. The normalized spacial score (nSPS) is 18.3. The lowest BCUT2D eigenvalue weighted by atomic mass is 9.77. The van der Waals surface area contributed by atoms with Gasteiger partial charge in [0.1, 0.15) is 5.60 Å². The smallest absolute Gasteiger partial charge is 0.444 e. The van der Waals surface area contributed by atoms with Crippen LogP contribution in [0.5, 0.6) is 0 Å². The summed E-state index contributed by atoms with van der Waals surface area (Å²) in [6.45, 7) is 13.4. The Morgan fingerprint density at radius 3 is 2.48 bits per heavy atom. The second-order valence-corrected chi connectivity index (χ2v) is 9.67. The molecule has 1 saturated heterocycles. The first-order chi connectivity index (χ1) is 14.3. The molecule has 1 aromatic heterocycles. The van der Waals surface area contributed by atoms with Gasteiger partial charge in [0, 0.05) is 6.54 Å². The molecule has 1 aromatic carbocycles. The van der Waals surface area contributed by atoms with E-state index in [1.807, 2.05) is 39.8 Å². The molecular weight excluding hydrogens is 397 g/mol. The summed E-state index contributed by atoms with van der Waals surface area (Å²) in [7, 11) is -0.664. The van der Waals surface area contributed by atoms with Crippen LogP contribution in [0, 0.1) is 0 Å². The first kappa shape index (κ1) is 23.0. The number of hydrogen-bond acceptors (Lipinski definition) is 6. The number of nitrogens with one attached hydrogen (secondary N) is 2. The molecule has 166 valence electrons. The van der Waals surface area contributed by atoms with E-state index in [-0.39, 0.29) is 12.1 Å². The number of alkyl carbamates (subject to hydrolysis) is 1. The number of nitrogens with zero attached hydrogens (tertiary/aromatic N) is 1. The van der Waals surface area contributed by atoms with Crippen molar-refractivity contribution in [3.8, 4) is 0 Å². The van der Waals surface area contributed by atoms with Gasteiger partial charge >= 0.3 is 13.2 Å². The first-order valence-electron chi connectivity index (χ1n) is 10.3. The van der Waals surface area contributed by atoms with Gasteiger partial charge in [0.15, 0.2) is 0 Å². The Balaban J connectivity index is 1.93. The molecule has 1 amide bonds. The average Bonchev–Trinajstić information content (AvgIpc) is 2.85. The number of amides is 1. The lowest BCUT2D eigenvalue weighted by Gasteiger charge is -2.32. The molecule has 0 atom stereocenters. The van der Waals surface area contributed by atoms with Crippen LogP contribution in [0.15, 0.2) is 34.8 Å². The summed E-state index contributed by atoms with van der Waals surface area (Å²) in [5.74, 6) is 0. The number of aromatic amines is 1. The van der Waals surface area contributed by atoms with Crippen molar-refractivity contribution in [3.63, 3.8) is 0 Å². The lowest BCUT2D eigenvalue weighted by Crippen LogP contribution is -2.41. The van der Waals surface area contributed by atoms with E-state index in [4.69, 9.17) is 14.0 Å². The molecule has 0 radical (unpaired) electrons. The van der Waals surface area contributed by atoms with Crippen LogP contribution in [0.3, 0.4) is 0 Å². The Morgan fingerprint density at radius 2 is 1.87 bits per heavy atom. The first-order valence-corrected chi connectivity index (χ1v) is 10.3. The van der Waals surface area contributed by atoms with Crippen LogP contribution in [0.1, 0.15) is 54.0 Å². The van der Waals surface area contributed by atoms with Gasteiger partial charge in [-0.1, -0.05) is 12.1 Å². The van der Waals surface area contributed by atoms with Crippen LogP contribution >= 0.6 is 0 Å². The molecule has 0 saturated carbocycles. The molecular formula is C22H30BN3O5. The Kier molecular flexibility index (Phi) is 6.04. The standard InChI is InChI=1S/C22H30BN3O5/c1-20(2,3)29-19(28)24-12-15(23-30-21(4,5)22(6,7)31-23)10-14-8-9-17-16(11-14)18(27)26-13-25-17/h8-11,13H,12H2,1-7H3,(H,24,28)(H,25,26,27). The van der Waals surface area contributed by atoms with Crippen molar-refractivity contribution in [2.45, 2.75) is 65.3 Å². The minimum absolute atomic E-state index is 0.160. The predicted octanol–water partition coefficient (Wildman–Crippen LogP) is 3.46. The maximum Gasteiger partial charge on any atom is 0.492 e. The highest BCUT2D eigenvalue weighted by molar-refractivity contribution is 6.56. The van der Waals surface area contributed by atoms with Crippen LogP contribution in [0.4, 0.5) is 4.79 Å². The van der Waals surface area contributed by atoms with Crippen molar-refractivity contribution in [1.82, 2.24) is 15.3 Å². The third-order valence-corrected chi connectivity index (χ3v) is 5.41. The summed E-state index contributed by atoms with van der Waals surface area (Å²) in [6, 6.07) is 5.38. The van der Waals surface area contributed by atoms with E-state index in [1.54, 1.807) is 32.9 Å². The lowest BCUT2D eigenvalue weighted by molar-refractivity contribution is 0.00578. The van der Waals surface area contributed by atoms with Gasteiger partial charge in [0.05, 0.1) is 28.4 Å². The van der Waals surface area contributed by atoms with Gasteiger partial charge in [0.2, 0.25) is 0 Å². The number of carbonyl (C=O) groups is 1. The molecule has 2 heterocycles. The van der Waals surface area contributed by atoms with Crippen molar-refractivity contribution in [2.75, 3.05) is 6.54 Å². The maximum atomic E-state index is 12.2. The van der Waals surface area contributed by atoms with Gasteiger partial charge < -0.3 is 24.3 Å². The molecule has 8 nitrogen and oxygen atoms in total. The van der Waals surface area contributed by atoms with E-state index in [0.717, 1.165) is 5.56 Å². The van der Waals surface area contributed by atoms with Gasteiger partial charge in [-0.15, -0.1) is 0 Å². The van der Waals surface area contributed by atoms with Gasteiger partial charge in [-0.2, -0.15) is 0 Å². The monoisotopic (exact) mass is 427 g/mol. The number of carbonyl (C=O) groups excluding carboxylic acids is 1. The highest BCUT2D eigenvalue weighted by atomic mass is 16.7. The predicted molar refractivity (Wildman–Crippen MR) is 121 cm³/mol. The van der Waals surface area contributed by atoms with Crippen LogP contribution < -0.4 is 10.9 Å². The molecule has 1 aliphatic heterocycles. The molecule has 0 aliphatic carbocycles. The minimum atomic E-state index is -0.664. The van der Waals surface area contributed by atoms with Crippen LogP contribution in [-0.2, 0) is 14.0 Å². The summed E-state index contributed by atoms with van der Waals surface area (Å²) in [5.41, 5.74) is 0.172. The third kappa shape index (κ3) is 5.35. The summed E-state index contributed by atoms with van der Waals surface area (Å²) < 4.78 is 17.7. The van der Waals surface area contributed by atoms with Crippen LogP contribution in [-0.4, -0.2) is 46.5 Å². The second-order valence-electron chi connectivity index (χ2n) is 9.67. The number of benzene rings is 1. The molecule has 1 aliphatic rings. The fraction of sp³-hybridized carbons (Fsp3) is 0.500. The minimum Gasteiger partial charge on any atom is -0.444 e. The topological polar surface area (TPSA) is 103 Å². The largest absolute Gasteiger partial charge is 0.492 e. The molecule has 3 rings (SSSR count). The molecule has 0 bridgehead atoms. The zero-order valence-electron chi connectivity index (χ0n) is 19.2. The zero-order chi connectivity index (χ0) is 23.0. The second kappa shape index (κ2) is 8.13. The summed E-state index contributed by atoms with van der Waals surface area (Å²) in [6.07, 6.45) is 2.70. The van der Waals surface area contributed by atoms with Crippen molar-refractivity contribution >= 4 is 30.2 Å². The van der Waals surface area contributed by atoms with Gasteiger partial charge in [-0.25, -0.2) is 9.78 Å². The van der Waals surface area contributed by atoms with Crippen molar-refractivity contribution in [3.05, 3.63) is 45.9 Å². The summed E-state index contributed by atoms with van der Waals surface area (Å²) in [4.78, 5) is 31.1. The van der Waals surface area contributed by atoms with Crippen molar-refractivity contribution < 1.29 is 18.8 Å². The van der Waals surface area contributed by atoms with Crippen molar-refractivity contribution in [1.29, 1.82) is 0 Å². The van der Waals surface area contributed by atoms with Crippen LogP contribution in [0.25, 0.3) is 17.0 Å². The Labute approximate surface area is 182 Å². The molecule has 0 unspecified atom stereocenters. The molecule has 31 heavy (non-hydrogen) atoms. The van der Waals surface area contributed by atoms with E-state index in [0.29, 0.717) is 16.4 Å². The molecule has 0 spiro atoms. The number of fused-ring (bicyclic) bond motifs is 1. The van der Waals surface area contributed by atoms with E-state index in [9.17, 15) is 9.59 Å². The highest BCUT2D eigenvalue weighted by Gasteiger charge is 2.52. The van der Waals surface area contributed by atoms with Crippen LogP contribution in [0.2, 0.25) is 0 Å². The number of hydrogen-bond donors (Lipinski definition) is 2. The average molecular weight is 427 g/mol. The number of H-pyrrole nitrogens is 1. The number of aromatic nitrogens is 2. The fourth-order valence-corrected chi connectivity index (χ4v) is 3.08. The van der Waals surface area contributed by atoms with Gasteiger partial charge in [0.25, 0.3) is 5.56 Å². The number of rotatable bonds is 4. The van der Waals surface area contributed by atoms with E-state index < -0.39 is 30.0 Å². The molecule has 1 fully saturated rings. The Hall–Kier alpha value is -2.65. The quantitative estimate of drug-likeness (QED) is 0.725.